The molecule has 4 nitrogen and oxygen atoms in total. The van der Waals surface area contributed by atoms with Crippen LogP contribution in [0, 0.1) is 0 Å². The van der Waals surface area contributed by atoms with E-state index in [9.17, 15) is 0 Å². The second kappa shape index (κ2) is 17.6. The van der Waals surface area contributed by atoms with Gasteiger partial charge in [-0.15, -0.1) is 0 Å². The zero-order valence-corrected chi connectivity index (χ0v) is 17.0. The monoisotopic (exact) mass is 354 g/mol. The first-order valence-corrected chi connectivity index (χ1v) is 10.5. The van der Waals surface area contributed by atoms with Crippen molar-refractivity contribution in [2.75, 3.05) is 19.8 Å². The molecule has 0 saturated carbocycles. The third kappa shape index (κ3) is 17.4. The maximum absolute atomic E-state index is 9.00. The predicted octanol–water partition coefficient (Wildman–Crippen LogP) is 5.84. The maximum atomic E-state index is 9.00. The zero-order valence-electron chi connectivity index (χ0n) is 17.0. The largest absolute Gasteiger partial charge is 0.481 e. The van der Waals surface area contributed by atoms with Crippen LogP contribution in [0.1, 0.15) is 97.8 Å². The molecule has 0 aromatic heterocycles. The van der Waals surface area contributed by atoms with Crippen molar-refractivity contribution in [2.24, 2.45) is 0 Å². The van der Waals surface area contributed by atoms with Crippen LogP contribution in [0.2, 0.25) is 0 Å². The molecule has 0 aliphatic carbocycles. The smallest absolute Gasteiger partial charge is 0.300 e. The summed E-state index contributed by atoms with van der Waals surface area (Å²) in [6.07, 6.45) is 21.3. The van der Waals surface area contributed by atoms with E-state index >= 15 is 0 Å². The minimum absolute atomic E-state index is 0.833. The Labute approximate surface area is 156 Å². The Hall–Kier alpha value is -1.19. The highest BCUT2D eigenvalue weighted by Gasteiger charge is 2.10. The standard InChI is InChI=1S/C19H38N2.C2H4O2/c1-3-5-7-9-11-13-15-20-17-18-21(19-20)16-14-12-10-8-6-4-2;1-2(3)4/h17-18H,3-16,19H2,1-2H3;1H3,(H,3,4). The molecule has 0 fully saturated rings. The number of hydrogen-bond acceptors (Lipinski definition) is 3. The Morgan fingerprint density at radius 3 is 1.44 bits per heavy atom. The molecule has 0 spiro atoms. The number of rotatable bonds is 14. The fourth-order valence-electron chi connectivity index (χ4n) is 3.00. The summed E-state index contributed by atoms with van der Waals surface area (Å²) < 4.78 is 0. The molecule has 1 aliphatic rings. The van der Waals surface area contributed by atoms with Gasteiger partial charge in [0.25, 0.3) is 5.97 Å². The second-order valence-corrected chi connectivity index (χ2v) is 7.12. The van der Waals surface area contributed by atoms with Gasteiger partial charge in [-0.2, -0.15) is 0 Å². The molecule has 0 amide bonds. The van der Waals surface area contributed by atoms with Crippen LogP contribution >= 0.6 is 0 Å². The molecule has 0 bridgehead atoms. The Balaban J connectivity index is 0.00000129. The van der Waals surface area contributed by atoms with Crippen LogP contribution < -0.4 is 0 Å². The van der Waals surface area contributed by atoms with E-state index in [0.29, 0.717) is 0 Å². The van der Waals surface area contributed by atoms with E-state index in [4.69, 9.17) is 9.90 Å². The quantitative estimate of drug-likeness (QED) is 0.398. The first-order valence-electron chi connectivity index (χ1n) is 10.5. The van der Waals surface area contributed by atoms with E-state index in [0.717, 1.165) is 13.6 Å². The molecule has 4 heteroatoms. The van der Waals surface area contributed by atoms with Crippen molar-refractivity contribution in [3.8, 4) is 0 Å². The highest BCUT2D eigenvalue weighted by Crippen LogP contribution is 2.12. The van der Waals surface area contributed by atoms with E-state index in [-0.39, 0.29) is 0 Å². The molecule has 0 unspecified atom stereocenters. The zero-order chi connectivity index (χ0) is 18.8. The molecular weight excluding hydrogens is 312 g/mol. The topological polar surface area (TPSA) is 43.8 Å². The van der Waals surface area contributed by atoms with Crippen molar-refractivity contribution in [3.05, 3.63) is 12.4 Å². The average molecular weight is 355 g/mol. The fourth-order valence-corrected chi connectivity index (χ4v) is 3.00. The molecule has 25 heavy (non-hydrogen) atoms. The van der Waals surface area contributed by atoms with Gasteiger partial charge in [0.1, 0.15) is 0 Å². The molecule has 1 rings (SSSR count). The minimum Gasteiger partial charge on any atom is -0.481 e. The van der Waals surface area contributed by atoms with E-state index < -0.39 is 5.97 Å². The van der Waals surface area contributed by atoms with E-state index in [2.05, 4.69) is 36.0 Å². The summed E-state index contributed by atoms with van der Waals surface area (Å²) in [5, 5.41) is 7.42. The van der Waals surface area contributed by atoms with Crippen molar-refractivity contribution in [2.45, 2.75) is 97.8 Å². The van der Waals surface area contributed by atoms with Crippen LogP contribution in [0.3, 0.4) is 0 Å². The number of carboxylic acid groups (broad SMARTS) is 1. The molecule has 1 aliphatic heterocycles. The van der Waals surface area contributed by atoms with Gasteiger partial charge in [-0.3, -0.25) is 4.79 Å². The fraction of sp³-hybridized carbons (Fsp3) is 0.857. The van der Waals surface area contributed by atoms with Gasteiger partial charge < -0.3 is 14.9 Å². The molecule has 0 radical (unpaired) electrons. The Morgan fingerprint density at radius 1 is 0.760 bits per heavy atom. The van der Waals surface area contributed by atoms with Gasteiger partial charge in [-0.25, -0.2) is 0 Å². The molecule has 0 saturated heterocycles. The number of unbranched alkanes of at least 4 members (excludes halogenated alkanes) is 10. The Kier molecular flexibility index (Phi) is 16.8. The normalized spacial score (nSPS) is 13.1. The van der Waals surface area contributed by atoms with Gasteiger partial charge in [0.15, 0.2) is 0 Å². The van der Waals surface area contributed by atoms with Gasteiger partial charge in [0.2, 0.25) is 0 Å². The van der Waals surface area contributed by atoms with E-state index in [1.165, 1.54) is 90.1 Å². The van der Waals surface area contributed by atoms with Crippen LogP contribution in [0.5, 0.6) is 0 Å². The number of nitrogens with zero attached hydrogens (tertiary/aromatic N) is 2. The van der Waals surface area contributed by atoms with Crippen molar-refractivity contribution < 1.29 is 9.90 Å². The summed E-state index contributed by atoms with van der Waals surface area (Å²) in [6.45, 7) is 9.27. The van der Waals surface area contributed by atoms with Crippen molar-refractivity contribution in [1.82, 2.24) is 9.80 Å². The lowest BCUT2D eigenvalue weighted by Crippen LogP contribution is -2.26. The second-order valence-electron chi connectivity index (χ2n) is 7.12. The van der Waals surface area contributed by atoms with Crippen LogP contribution in [-0.4, -0.2) is 40.6 Å². The lowest BCUT2D eigenvalue weighted by atomic mass is 10.1. The summed E-state index contributed by atoms with van der Waals surface area (Å²) in [6, 6.07) is 0. The first-order chi connectivity index (χ1) is 12.1. The van der Waals surface area contributed by atoms with Crippen molar-refractivity contribution in [1.29, 1.82) is 0 Å². The molecule has 1 heterocycles. The van der Waals surface area contributed by atoms with Crippen LogP contribution in [0.4, 0.5) is 0 Å². The van der Waals surface area contributed by atoms with E-state index in [1.807, 2.05) is 0 Å². The molecule has 0 aromatic carbocycles. The summed E-state index contributed by atoms with van der Waals surface area (Å²) in [7, 11) is 0. The average Bonchev–Trinajstić information content (AvgIpc) is 3.01. The summed E-state index contributed by atoms with van der Waals surface area (Å²) in [5.41, 5.74) is 0. The first kappa shape index (κ1) is 23.8. The Bertz CT molecular complexity index is 304. The number of carbonyl (C=O) groups is 1. The number of carboxylic acids is 1. The van der Waals surface area contributed by atoms with Crippen LogP contribution in [0.25, 0.3) is 0 Å². The third-order valence-corrected chi connectivity index (χ3v) is 4.45. The SMILES string of the molecule is CC(=O)O.CCCCCCCCN1C=CN(CCCCCCCC)C1. The van der Waals surface area contributed by atoms with Gasteiger partial charge in [-0.05, 0) is 12.8 Å². The van der Waals surface area contributed by atoms with Gasteiger partial charge in [0, 0.05) is 32.4 Å². The molecule has 0 aromatic rings. The van der Waals surface area contributed by atoms with Crippen LogP contribution in [-0.2, 0) is 4.79 Å². The highest BCUT2D eigenvalue weighted by molar-refractivity contribution is 5.62. The summed E-state index contributed by atoms with van der Waals surface area (Å²) >= 11 is 0. The minimum atomic E-state index is -0.833. The lowest BCUT2D eigenvalue weighted by Gasteiger charge is -2.21. The third-order valence-electron chi connectivity index (χ3n) is 4.45. The van der Waals surface area contributed by atoms with Gasteiger partial charge >= 0.3 is 0 Å². The van der Waals surface area contributed by atoms with Crippen molar-refractivity contribution >= 4 is 5.97 Å². The Morgan fingerprint density at radius 2 is 1.08 bits per heavy atom. The molecular formula is C21H42N2O2. The van der Waals surface area contributed by atoms with Gasteiger partial charge in [-0.1, -0.05) is 78.1 Å². The molecule has 148 valence electrons. The lowest BCUT2D eigenvalue weighted by molar-refractivity contribution is -0.134. The summed E-state index contributed by atoms with van der Waals surface area (Å²) in [4.78, 5) is 14.0. The number of aliphatic carboxylic acids is 1. The van der Waals surface area contributed by atoms with Crippen LogP contribution in [0.15, 0.2) is 12.4 Å². The van der Waals surface area contributed by atoms with Crippen molar-refractivity contribution in [3.63, 3.8) is 0 Å². The molecule has 0 atom stereocenters. The number of hydrogen-bond donors (Lipinski definition) is 1. The van der Waals surface area contributed by atoms with Gasteiger partial charge in [0.05, 0.1) is 6.67 Å². The highest BCUT2D eigenvalue weighted by atomic mass is 16.4. The molecule has 1 N–H and O–H groups in total. The summed E-state index contributed by atoms with van der Waals surface area (Å²) in [5.74, 6) is -0.833. The maximum Gasteiger partial charge on any atom is 0.300 e. The van der Waals surface area contributed by atoms with E-state index in [1.54, 1.807) is 0 Å². The predicted molar refractivity (Wildman–Crippen MR) is 107 cm³/mol.